The first-order valence-electron chi connectivity index (χ1n) is 3.95. The van der Waals surface area contributed by atoms with E-state index in [1.807, 2.05) is 11.8 Å². The van der Waals surface area contributed by atoms with Crippen LogP contribution in [0.25, 0.3) is 0 Å². The van der Waals surface area contributed by atoms with E-state index in [0.717, 1.165) is 18.6 Å². The van der Waals surface area contributed by atoms with Gasteiger partial charge in [0.15, 0.2) is 0 Å². The molecule has 0 N–H and O–H groups in total. The Kier molecular flexibility index (Phi) is 4.40. The SMILES string of the molecule is CC(=O)CCCSc1cccs1. The van der Waals surface area contributed by atoms with Crippen molar-refractivity contribution in [3.63, 3.8) is 0 Å². The summed E-state index contributed by atoms with van der Waals surface area (Å²) in [5.41, 5.74) is 0. The monoisotopic (exact) mass is 200 g/mol. The Balaban J connectivity index is 2.07. The molecule has 66 valence electrons. The Hall–Kier alpha value is -0.280. The minimum absolute atomic E-state index is 0.293. The molecule has 0 radical (unpaired) electrons. The van der Waals surface area contributed by atoms with Crippen molar-refractivity contribution >= 4 is 28.9 Å². The van der Waals surface area contributed by atoms with Crippen LogP contribution in [0.2, 0.25) is 0 Å². The molecule has 12 heavy (non-hydrogen) atoms. The highest BCUT2D eigenvalue weighted by atomic mass is 32.2. The molecule has 1 rings (SSSR count). The average molecular weight is 200 g/mol. The third-order valence-electron chi connectivity index (χ3n) is 1.41. The molecule has 1 aromatic rings. The van der Waals surface area contributed by atoms with Crippen molar-refractivity contribution in [3.05, 3.63) is 17.5 Å². The van der Waals surface area contributed by atoms with Crippen LogP contribution in [0.15, 0.2) is 21.7 Å². The zero-order valence-corrected chi connectivity index (χ0v) is 8.71. The minimum Gasteiger partial charge on any atom is -0.300 e. The van der Waals surface area contributed by atoms with Crippen LogP contribution in [0.1, 0.15) is 19.8 Å². The summed E-state index contributed by atoms with van der Waals surface area (Å²) in [5.74, 6) is 1.35. The predicted octanol–water partition coefficient (Wildman–Crippen LogP) is 3.21. The molecule has 0 fully saturated rings. The highest BCUT2D eigenvalue weighted by molar-refractivity contribution is 8.01. The van der Waals surface area contributed by atoms with Crippen LogP contribution in [0.5, 0.6) is 0 Å². The summed E-state index contributed by atoms with van der Waals surface area (Å²) in [6, 6.07) is 4.17. The molecular formula is C9H12OS2. The number of hydrogen-bond acceptors (Lipinski definition) is 3. The zero-order chi connectivity index (χ0) is 8.81. The summed E-state index contributed by atoms with van der Waals surface area (Å²) >= 11 is 3.60. The lowest BCUT2D eigenvalue weighted by Crippen LogP contribution is -1.90. The van der Waals surface area contributed by atoms with Gasteiger partial charge in [0.2, 0.25) is 0 Å². The van der Waals surface area contributed by atoms with Crippen molar-refractivity contribution in [1.29, 1.82) is 0 Å². The smallest absolute Gasteiger partial charge is 0.129 e. The van der Waals surface area contributed by atoms with E-state index >= 15 is 0 Å². The van der Waals surface area contributed by atoms with E-state index in [0.29, 0.717) is 5.78 Å². The number of rotatable bonds is 5. The third-order valence-corrected chi connectivity index (χ3v) is 3.63. The summed E-state index contributed by atoms with van der Waals surface area (Å²) < 4.78 is 1.35. The highest BCUT2D eigenvalue weighted by Crippen LogP contribution is 2.24. The van der Waals surface area contributed by atoms with Gasteiger partial charge in [0.25, 0.3) is 0 Å². The Morgan fingerprint density at radius 2 is 2.50 bits per heavy atom. The lowest BCUT2D eigenvalue weighted by molar-refractivity contribution is -0.117. The number of hydrogen-bond donors (Lipinski definition) is 0. The first-order chi connectivity index (χ1) is 5.79. The summed E-state index contributed by atoms with van der Waals surface area (Å²) in [5, 5.41) is 2.08. The third kappa shape index (κ3) is 3.93. The van der Waals surface area contributed by atoms with Crippen LogP contribution < -0.4 is 0 Å². The second-order valence-corrected chi connectivity index (χ2v) is 4.93. The van der Waals surface area contributed by atoms with Gasteiger partial charge >= 0.3 is 0 Å². The molecular weight excluding hydrogens is 188 g/mol. The van der Waals surface area contributed by atoms with Gasteiger partial charge in [-0.25, -0.2) is 0 Å². The Morgan fingerprint density at radius 3 is 3.08 bits per heavy atom. The Labute approximate surface area is 81.2 Å². The normalized spacial score (nSPS) is 10.1. The minimum atomic E-state index is 0.293. The van der Waals surface area contributed by atoms with Crippen molar-refractivity contribution in [1.82, 2.24) is 0 Å². The molecule has 3 heteroatoms. The summed E-state index contributed by atoms with van der Waals surface area (Å²) in [6.07, 6.45) is 1.72. The van der Waals surface area contributed by atoms with E-state index in [1.165, 1.54) is 4.21 Å². The van der Waals surface area contributed by atoms with Crippen LogP contribution in [-0.2, 0) is 4.79 Å². The lowest BCUT2D eigenvalue weighted by atomic mass is 10.3. The van der Waals surface area contributed by atoms with Gasteiger partial charge in [0.05, 0.1) is 4.21 Å². The molecule has 0 aliphatic heterocycles. The highest BCUT2D eigenvalue weighted by Gasteiger charge is 1.96. The molecule has 0 saturated carbocycles. The van der Waals surface area contributed by atoms with E-state index < -0.39 is 0 Å². The van der Waals surface area contributed by atoms with Crippen molar-refractivity contribution in [3.8, 4) is 0 Å². The second kappa shape index (κ2) is 5.38. The van der Waals surface area contributed by atoms with Crippen LogP contribution >= 0.6 is 23.1 Å². The number of Topliss-reactive ketones (excluding diaryl/α,β-unsaturated/α-hetero) is 1. The van der Waals surface area contributed by atoms with Gasteiger partial charge in [-0.1, -0.05) is 6.07 Å². The summed E-state index contributed by atoms with van der Waals surface area (Å²) in [4.78, 5) is 10.6. The van der Waals surface area contributed by atoms with Crippen LogP contribution in [0.4, 0.5) is 0 Å². The predicted molar refractivity (Wildman–Crippen MR) is 55.0 cm³/mol. The Morgan fingerprint density at radius 1 is 1.67 bits per heavy atom. The summed E-state index contributed by atoms with van der Waals surface area (Å²) in [7, 11) is 0. The van der Waals surface area contributed by atoms with Gasteiger partial charge in [-0.2, -0.15) is 0 Å². The molecule has 0 amide bonds. The maximum Gasteiger partial charge on any atom is 0.129 e. The van der Waals surface area contributed by atoms with Gasteiger partial charge in [0.1, 0.15) is 5.78 Å². The van der Waals surface area contributed by atoms with Crippen molar-refractivity contribution in [2.75, 3.05) is 5.75 Å². The molecule has 1 heterocycles. The van der Waals surface area contributed by atoms with Gasteiger partial charge in [-0.3, -0.25) is 0 Å². The van der Waals surface area contributed by atoms with Crippen molar-refractivity contribution < 1.29 is 4.79 Å². The molecule has 1 aromatic heterocycles. The number of carbonyl (C=O) groups is 1. The fraction of sp³-hybridized carbons (Fsp3) is 0.444. The van der Waals surface area contributed by atoms with Crippen molar-refractivity contribution in [2.24, 2.45) is 0 Å². The fourth-order valence-electron chi connectivity index (χ4n) is 0.839. The number of carbonyl (C=O) groups excluding carboxylic acids is 1. The zero-order valence-electron chi connectivity index (χ0n) is 7.08. The van der Waals surface area contributed by atoms with Crippen molar-refractivity contribution in [2.45, 2.75) is 24.0 Å². The van der Waals surface area contributed by atoms with Crippen LogP contribution in [0.3, 0.4) is 0 Å². The van der Waals surface area contributed by atoms with E-state index in [2.05, 4.69) is 17.5 Å². The number of thiophene rings is 1. The first kappa shape index (κ1) is 9.81. The van der Waals surface area contributed by atoms with Gasteiger partial charge in [-0.05, 0) is 30.5 Å². The molecule has 0 spiro atoms. The number of ketones is 1. The van der Waals surface area contributed by atoms with E-state index in [1.54, 1.807) is 18.3 Å². The molecule has 0 unspecified atom stereocenters. The van der Waals surface area contributed by atoms with Crippen LogP contribution in [0, 0.1) is 0 Å². The maximum absolute atomic E-state index is 10.6. The van der Waals surface area contributed by atoms with Crippen LogP contribution in [-0.4, -0.2) is 11.5 Å². The molecule has 0 bridgehead atoms. The standard InChI is InChI=1S/C9H12OS2/c1-8(10)4-2-6-11-9-5-3-7-12-9/h3,5,7H,2,4,6H2,1H3. The quantitative estimate of drug-likeness (QED) is 0.536. The van der Waals surface area contributed by atoms with E-state index in [9.17, 15) is 4.79 Å². The second-order valence-electron chi connectivity index (χ2n) is 2.59. The molecule has 0 aliphatic rings. The molecule has 0 saturated heterocycles. The first-order valence-corrected chi connectivity index (χ1v) is 5.81. The summed E-state index contributed by atoms with van der Waals surface area (Å²) in [6.45, 7) is 1.65. The van der Waals surface area contributed by atoms with Gasteiger partial charge in [0, 0.05) is 6.42 Å². The lowest BCUT2D eigenvalue weighted by Gasteiger charge is -1.95. The molecule has 1 nitrogen and oxygen atoms in total. The van der Waals surface area contributed by atoms with Gasteiger partial charge < -0.3 is 4.79 Å². The fourth-order valence-corrected chi connectivity index (χ4v) is 2.64. The maximum atomic E-state index is 10.6. The average Bonchev–Trinajstić information content (AvgIpc) is 2.49. The Bertz CT molecular complexity index is 229. The largest absolute Gasteiger partial charge is 0.300 e. The van der Waals surface area contributed by atoms with E-state index in [-0.39, 0.29) is 0 Å². The topological polar surface area (TPSA) is 17.1 Å². The van der Waals surface area contributed by atoms with Gasteiger partial charge in [-0.15, -0.1) is 23.1 Å². The number of thioether (sulfide) groups is 1. The molecule has 0 aromatic carbocycles. The molecule has 0 aliphatic carbocycles. The van der Waals surface area contributed by atoms with E-state index in [4.69, 9.17) is 0 Å². The molecule has 0 atom stereocenters.